The number of aliphatic hydroxyl groups excluding tert-OH is 1. The van der Waals surface area contributed by atoms with Crippen molar-refractivity contribution in [2.45, 2.75) is 70.8 Å². The number of hydrogen-bond acceptors (Lipinski definition) is 4. The number of allylic oxidation sites excluding steroid dienone is 1. The van der Waals surface area contributed by atoms with Crippen molar-refractivity contribution >= 4 is 11.6 Å². The second-order valence-electron chi connectivity index (χ2n) is 9.41. The zero-order chi connectivity index (χ0) is 18.0. The molecule has 138 valence electrons. The van der Waals surface area contributed by atoms with Crippen LogP contribution in [-0.2, 0) is 9.59 Å². The summed E-state index contributed by atoms with van der Waals surface area (Å²) >= 11 is 0. The van der Waals surface area contributed by atoms with Gasteiger partial charge < -0.3 is 10.2 Å². The molecule has 0 aliphatic heterocycles. The van der Waals surface area contributed by atoms with Crippen molar-refractivity contribution in [2.75, 3.05) is 6.61 Å². The molecule has 0 bridgehead atoms. The average molecular weight is 346 g/mol. The Bertz CT molecular complexity index is 652. The summed E-state index contributed by atoms with van der Waals surface area (Å²) in [5.74, 6) is 1.26. The Balaban J connectivity index is 1.68. The van der Waals surface area contributed by atoms with E-state index in [-0.39, 0.29) is 11.2 Å². The Morgan fingerprint density at radius 2 is 1.84 bits per heavy atom. The maximum Gasteiger partial charge on any atom is 0.190 e. The van der Waals surface area contributed by atoms with Gasteiger partial charge in [-0.2, -0.15) is 0 Å². The Hall–Kier alpha value is -1.00. The molecule has 0 saturated heterocycles. The Morgan fingerprint density at radius 1 is 1.12 bits per heavy atom. The summed E-state index contributed by atoms with van der Waals surface area (Å²) in [6.45, 7) is 3.84. The highest BCUT2D eigenvalue weighted by Crippen LogP contribution is 2.67. The van der Waals surface area contributed by atoms with Gasteiger partial charge in [0.2, 0.25) is 0 Å². The van der Waals surface area contributed by atoms with E-state index in [9.17, 15) is 19.8 Å². The number of carbonyl (C=O) groups is 2. The van der Waals surface area contributed by atoms with Gasteiger partial charge in [0.1, 0.15) is 12.2 Å². The first-order chi connectivity index (χ1) is 11.8. The molecule has 1 unspecified atom stereocenters. The molecule has 4 aliphatic rings. The van der Waals surface area contributed by atoms with Gasteiger partial charge >= 0.3 is 0 Å². The Labute approximate surface area is 149 Å². The molecule has 4 rings (SSSR count). The van der Waals surface area contributed by atoms with Crippen LogP contribution in [0.4, 0.5) is 0 Å². The van der Waals surface area contributed by atoms with Crippen LogP contribution in [0.5, 0.6) is 0 Å². The van der Waals surface area contributed by atoms with Crippen LogP contribution < -0.4 is 0 Å². The van der Waals surface area contributed by atoms with Gasteiger partial charge in [-0.05, 0) is 74.2 Å². The minimum atomic E-state index is -1.36. The molecular weight excluding hydrogens is 316 g/mol. The van der Waals surface area contributed by atoms with E-state index in [1.165, 1.54) is 5.57 Å². The summed E-state index contributed by atoms with van der Waals surface area (Å²) in [6, 6.07) is 0. The molecule has 3 fully saturated rings. The van der Waals surface area contributed by atoms with Crippen molar-refractivity contribution in [1.29, 1.82) is 0 Å². The second kappa shape index (κ2) is 5.50. The topological polar surface area (TPSA) is 74.6 Å². The van der Waals surface area contributed by atoms with Crippen molar-refractivity contribution in [3.8, 4) is 0 Å². The zero-order valence-electron chi connectivity index (χ0n) is 15.4. The van der Waals surface area contributed by atoms with Crippen molar-refractivity contribution in [2.24, 2.45) is 28.6 Å². The Kier molecular flexibility index (Phi) is 3.83. The SMILES string of the molecule is C[C@]12CCC(=O)C=C1CC[C@@H]1C2CC[C@@]2(C)[C@H]1CC[C@@]2(O)C(=O)CO. The predicted molar refractivity (Wildman–Crippen MR) is 93.8 cm³/mol. The summed E-state index contributed by atoms with van der Waals surface area (Å²) in [6.07, 6.45) is 8.72. The van der Waals surface area contributed by atoms with Crippen LogP contribution >= 0.6 is 0 Å². The molecule has 4 nitrogen and oxygen atoms in total. The molecule has 2 N–H and O–H groups in total. The molecule has 0 radical (unpaired) electrons. The summed E-state index contributed by atoms with van der Waals surface area (Å²) in [5, 5.41) is 20.5. The number of rotatable bonds is 2. The maximum absolute atomic E-state index is 12.3. The number of hydrogen-bond donors (Lipinski definition) is 2. The van der Waals surface area contributed by atoms with Crippen molar-refractivity contribution in [3.05, 3.63) is 11.6 Å². The molecule has 0 aromatic heterocycles. The molecule has 0 spiro atoms. The van der Waals surface area contributed by atoms with E-state index >= 15 is 0 Å². The lowest BCUT2D eigenvalue weighted by atomic mass is 9.46. The molecule has 4 heteroatoms. The quantitative estimate of drug-likeness (QED) is 0.806. The lowest BCUT2D eigenvalue weighted by Crippen LogP contribution is -2.58. The van der Waals surface area contributed by atoms with Gasteiger partial charge in [0.25, 0.3) is 0 Å². The fourth-order valence-electron chi connectivity index (χ4n) is 7.16. The maximum atomic E-state index is 12.3. The van der Waals surface area contributed by atoms with Crippen LogP contribution in [0.2, 0.25) is 0 Å². The average Bonchev–Trinajstić information content (AvgIpc) is 2.87. The van der Waals surface area contributed by atoms with Gasteiger partial charge in [0.15, 0.2) is 11.6 Å². The Morgan fingerprint density at radius 3 is 2.56 bits per heavy atom. The van der Waals surface area contributed by atoms with Crippen LogP contribution in [0.15, 0.2) is 11.6 Å². The standard InChI is InChI=1S/C21H30O4/c1-19-8-5-14(23)11-13(19)3-4-15-16(19)6-9-20(2)17(15)7-10-21(20,25)18(24)12-22/h11,15-17,22,25H,3-10,12H2,1-2H3/t15-,16?,17+,19+,20+,21-/m1/s1. The molecule has 3 saturated carbocycles. The van der Waals surface area contributed by atoms with Crippen LogP contribution in [-0.4, -0.2) is 34.0 Å². The summed E-state index contributed by atoms with van der Waals surface area (Å²) in [7, 11) is 0. The monoisotopic (exact) mass is 346 g/mol. The molecule has 0 amide bonds. The highest BCUT2D eigenvalue weighted by atomic mass is 16.3. The molecule has 0 heterocycles. The smallest absolute Gasteiger partial charge is 0.190 e. The number of fused-ring (bicyclic) bond motifs is 5. The van der Waals surface area contributed by atoms with E-state index in [2.05, 4.69) is 13.8 Å². The van der Waals surface area contributed by atoms with Gasteiger partial charge in [-0.1, -0.05) is 19.4 Å². The molecule has 6 atom stereocenters. The third kappa shape index (κ3) is 2.13. The van der Waals surface area contributed by atoms with Crippen LogP contribution in [0, 0.1) is 28.6 Å². The fourth-order valence-corrected chi connectivity index (χ4v) is 7.16. The lowest BCUT2D eigenvalue weighted by Gasteiger charge is -2.58. The van der Waals surface area contributed by atoms with Crippen molar-refractivity contribution in [3.63, 3.8) is 0 Å². The first kappa shape index (κ1) is 17.4. The molecular formula is C21H30O4. The predicted octanol–water partition coefficient (Wildman–Crippen LogP) is 2.81. The first-order valence-electron chi connectivity index (χ1n) is 9.87. The first-order valence-corrected chi connectivity index (χ1v) is 9.87. The number of ketones is 2. The van der Waals surface area contributed by atoms with Crippen molar-refractivity contribution in [1.82, 2.24) is 0 Å². The van der Waals surface area contributed by atoms with Crippen LogP contribution in [0.1, 0.15) is 65.2 Å². The van der Waals surface area contributed by atoms with Gasteiger partial charge in [-0.15, -0.1) is 0 Å². The fraction of sp³-hybridized carbons (Fsp3) is 0.810. The van der Waals surface area contributed by atoms with Gasteiger partial charge in [-0.3, -0.25) is 9.59 Å². The van der Waals surface area contributed by atoms with Crippen LogP contribution in [0.3, 0.4) is 0 Å². The van der Waals surface area contributed by atoms with E-state index in [0.717, 1.165) is 38.5 Å². The van der Waals surface area contributed by atoms with E-state index in [1.54, 1.807) is 0 Å². The highest BCUT2D eigenvalue weighted by Gasteiger charge is 2.65. The minimum absolute atomic E-state index is 0.111. The van der Waals surface area contributed by atoms with Gasteiger partial charge in [-0.25, -0.2) is 0 Å². The normalized spacial score (nSPS) is 49.0. The van der Waals surface area contributed by atoms with Gasteiger partial charge in [0.05, 0.1) is 0 Å². The molecule has 25 heavy (non-hydrogen) atoms. The van der Waals surface area contributed by atoms with E-state index < -0.39 is 23.4 Å². The number of aliphatic hydroxyl groups is 2. The van der Waals surface area contributed by atoms with E-state index in [0.29, 0.717) is 30.6 Å². The van der Waals surface area contributed by atoms with E-state index in [1.807, 2.05) is 6.08 Å². The summed E-state index contributed by atoms with van der Waals surface area (Å²) in [4.78, 5) is 24.2. The van der Waals surface area contributed by atoms with E-state index in [4.69, 9.17) is 0 Å². The third-order valence-electron chi connectivity index (χ3n) is 8.72. The highest BCUT2D eigenvalue weighted by molar-refractivity contribution is 5.91. The third-order valence-corrected chi connectivity index (χ3v) is 8.72. The van der Waals surface area contributed by atoms with Crippen LogP contribution in [0.25, 0.3) is 0 Å². The van der Waals surface area contributed by atoms with Crippen molar-refractivity contribution < 1.29 is 19.8 Å². The lowest BCUT2D eigenvalue weighted by molar-refractivity contribution is -0.164. The largest absolute Gasteiger partial charge is 0.388 e. The molecule has 4 aliphatic carbocycles. The molecule has 0 aromatic rings. The zero-order valence-corrected chi connectivity index (χ0v) is 15.4. The molecule has 0 aromatic carbocycles. The number of carbonyl (C=O) groups excluding carboxylic acids is 2. The second-order valence-corrected chi connectivity index (χ2v) is 9.41. The summed E-state index contributed by atoms with van der Waals surface area (Å²) in [5.41, 5.74) is -0.333. The van der Waals surface area contributed by atoms with Gasteiger partial charge in [0, 0.05) is 11.8 Å². The number of Topliss-reactive ketones (excluding diaryl/α,β-unsaturated/α-hetero) is 1. The summed E-state index contributed by atoms with van der Waals surface area (Å²) < 4.78 is 0. The minimum Gasteiger partial charge on any atom is -0.388 e.